The second-order valence-corrected chi connectivity index (χ2v) is 10.6. The minimum Gasteiger partial charge on any atom is -0.464 e. The summed E-state index contributed by atoms with van der Waals surface area (Å²) >= 11 is 3.56. The average molecular weight is 504 g/mol. The van der Waals surface area contributed by atoms with Crippen LogP contribution in [-0.4, -0.2) is 17.6 Å². The molecular formula is C29H30BrNO2. The van der Waals surface area contributed by atoms with Crippen LogP contribution >= 0.6 is 15.9 Å². The quantitative estimate of drug-likeness (QED) is 0.264. The molecule has 0 aliphatic heterocycles. The van der Waals surface area contributed by atoms with E-state index in [4.69, 9.17) is 4.74 Å². The Labute approximate surface area is 204 Å². The van der Waals surface area contributed by atoms with E-state index in [2.05, 4.69) is 103 Å². The molecule has 0 radical (unpaired) electrons. The van der Waals surface area contributed by atoms with E-state index < -0.39 is 0 Å². The molecule has 33 heavy (non-hydrogen) atoms. The van der Waals surface area contributed by atoms with Crippen LogP contribution in [0.5, 0.6) is 0 Å². The van der Waals surface area contributed by atoms with Gasteiger partial charge in [0.2, 0.25) is 0 Å². The molecule has 0 spiro atoms. The summed E-state index contributed by atoms with van der Waals surface area (Å²) in [6.45, 7) is 9.34. The second kappa shape index (κ2) is 9.56. The fourth-order valence-electron chi connectivity index (χ4n) is 4.40. The van der Waals surface area contributed by atoms with Gasteiger partial charge in [0.25, 0.3) is 6.47 Å². The van der Waals surface area contributed by atoms with Crippen LogP contribution in [0.15, 0.2) is 71.2 Å². The Morgan fingerprint density at radius 1 is 1.00 bits per heavy atom. The SMILES string of the molecule is Cc1ccc(Br)cc1CC(Cc1[nH]c2ccccc2c1-c1ccc(C(C)(C)C)cc1)OC=O. The Hall–Kier alpha value is -2.85. The number of fused-ring (bicyclic) bond motifs is 1. The van der Waals surface area contributed by atoms with E-state index in [1.165, 1.54) is 33.2 Å². The van der Waals surface area contributed by atoms with E-state index >= 15 is 0 Å². The Morgan fingerprint density at radius 3 is 2.42 bits per heavy atom. The van der Waals surface area contributed by atoms with E-state index in [1.807, 2.05) is 12.1 Å². The van der Waals surface area contributed by atoms with E-state index in [1.54, 1.807) is 0 Å². The van der Waals surface area contributed by atoms with Crippen molar-refractivity contribution in [3.63, 3.8) is 0 Å². The molecule has 1 N–H and O–H groups in total. The van der Waals surface area contributed by atoms with Gasteiger partial charge in [0.15, 0.2) is 0 Å². The fraction of sp³-hybridized carbons (Fsp3) is 0.276. The second-order valence-electron chi connectivity index (χ2n) is 9.68. The van der Waals surface area contributed by atoms with Gasteiger partial charge in [-0.05, 0) is 52.8 Å². The third-order valence-corrected chi connectivity index (χ3v) is 6.76. The van der Waals surface area contributed by atoms with Crippen LogP contribution in [0.2, 0.25) is 0 Å². The number of carbonyl (C=O) groups is 1. The highest BCUT2D eigenvalue weighted by atomic mass is 79.9. The van der Waals surface area contributed by atoms with Gasteiger partial charge < -0.3 is 9.72 Å². The molecular weight excluding hydrogens is 474 g/mol. The number of hydrogen-bond acceptors (Lipinski definition) is 2. The number of halogens is 1. The molecule has 4 rings (SSSR count). The van der Waals surface area contributed by atoms with Crippen molar-refractivity contribution in [1.29, 1.82) is 0 Å². The lowest BCUT2D eigenvalue weighted by molar-refractivity contribution is -0.133. The zero-order valence-electron chi connectivity index (χ0n) is 19.6. The first-order valence-corrected chi connectivity index (χ1v) is 12.1. The Balaban J connectivity index is 1.73. The zero-order valence-corrected chi connectivity index (χ0v) is 21.2. The Morgan fingerprint density at radius 2 is 1.73 bits per heavy atom. The highest BCUT2D eigenvalue weighted by Gasteiger charge is 2.21. The van der Waals surface area contributed by atoms with Crippen molar-refractivity contribution in [3.8, 4) is 11.1 Å². The van der Waals surface area contributed by atoms with Crippen molar-refractivity contribution in [2.45, 2.75) is 52.1 Å². The number of aromatic amines is 1. The summed E-state index contributed by atoms with van der Waals surface area (Å²) in [6.07, 6.45) is 0.994. The van der Waals surface area contributed by atoms with Crippen LogP contribution in [-0.2, 0) is 27.8 Å². The molecule has 0 amide bonds. The van der Waals surface area contributed by atoms with Crippen molar-refractivity contribution < 1.29 is 9.53 Å². The fourth-order valence-corrected chi connectivity index (χ4v) is 4.81. The van der Waals surface area contributed by atoms with Crippen LogP contribution in [0.4, 0.5) is 0 Å². The summed E-state index contributed by atoms with van der Waals surface area (Å²) in [6, 6.07) is 23.4. The topological polar surface area (TPSA) is 42.1 Å². The molecule has 3 nitrogen and oxygen atoms in total. The Bertz CT molecular complexity index is 1270. The average Bonchev–Trinajstić information content (AvgIpc) is 3.13. The predicted molar refractivity (Wildman–Crippen MR) is 140 cm³/mol. The lowest BCUT2D eigenvalue weighted by atomic mass is 9.86. The molecule has 4 heteroatoms. The molecule has 0 aliphatic carbocycles. The lowest BCUT2D eigenvalue weighted by Gasteiger charge is -2.20. The maximum atomic E-state index is 11.4. The monoisotopic (exact) mass is 503 g/mol. The standard InChI is InChI=1S/C29H30BrNO2/c1-19-9-14-23(30)15-21(19)16-24(33-18-32)17-27-28(25-7-5-6-8-26(25)31-27)20-10-12-22(13-11-20)29(2,3)4/h5-15,18,24,31H,16-17H2,1-4H3. The van der Waals surface area contributed by atoms with E-state index in [-0.39, 0.29) is 11.5 Å². The number of aromatic nitrogens is 1. The summed E-state index contributed by atoms with van der Waals surface area (Å²) in [7, 11) is 0. The number of rotatable bonds is 7. The molecule has 0 saturated carbocycles. The molecule has 0 aliphatic rings. The minimum absolute atomic E-state index is 0.103. The smallest absolute Gasteiger partial charge is 0.293 e. The van der Waals surface area contributed by atoms with Gasteiger partial charge >= 0.3 is 0 Å². The van der Waals surface area contributed by atoms with Crippen LogP contribution in [0.1, 0.15) is 43.2 Å². The number of ether oxygens (including phenoxy) is 1. The number of H-pyrrole nitrogens is 1. The van der Waals surface area contributed by atoms with E-state index in [0.29, 0.717) is 19.3 Å². The molecule has 0 fully saturated rings. The lowest BCUT2D eigenvalue weighted by Crippen LogP contribution is -2.20. The van der Waals surface area contributed by atoms with Crippen LogP contribution < -0.4 is 0 Å². The van der Waals surface area contributed by atoms with Gasteiger partial charge in [-0.15, -0.1) is 0 Å². The number of hydrogen-bond donors (Lipinski definition) is 1. The molecule has 3 aromatic carbocycles. The number of benzene rings is 3. The molecule has 0 bridgehead atoms. The molecule has 1 atom stereocenters. The van der Waals surface area contributed by atoms with Gasteiger partial charge in [-0.3, -0.25) is 4.79 Å². The normalized spacial score (nSPS) is 12.6. The van der Waals surface area contributed by atoms with Crippen molar-refractivity contribution >= 4 is 33.3 Å². The number of nitrogens with one attached hydrogen (secondary N) is 1. The van der Waals surface area contributed by atoms with Gasteiger partial charge in [0, 0.05) is 39.5 Å². The maximum Gasteiger partial charge on any atom is 0.293 e. The first-order chi connectivity index (χ1) is 15.8. The molecule has 1 unspecified atom stereocenters. The van der Waals surface area contributed by atoms with Crippen molar-refractivity contribution in [3.05, 3.63) is 93.6 Å². The van der Waals surface area contributed by atoms with Crippen LogP contribution in [0.25, 0.3) is 22.0 Å². The zero-order chi connectivity index (χ0) is 23.6. The van der Waals surface area contributed by atoms with Crippen LogP contribution in [0, 0.1) is 6.92 Å². The summed E-state index contributed by atoms with van der Waals surface area (Å²) in [4.78, 5) is 15.0. The Kier molecular flexibility index (Phi) is 6.76. The predicted octanol–water partition coefficient (Wildman–Crippen LogP) is 7.53. The molecule has 170 valence electrons. The largest absolute Gasteiger partial charge is 0.464 e. The number of carbonyl (C=O) groups excluding carboxylic acids is 1. The molecule has 0 saturated heterocycles. The summed E-state index contributed by atoms with van der Waals surface area (Å²) in [5.74, 6) is 0. The summed E-state index contributed by atoms with van der Waals surface area (Å²) in [5.41, 5.74) is 8.28. The van der Waals surface area contributed by atoms with Crippen molar-refractivity contribution in [1.82, 2.24) is 4.98 Å². The van der Waals surface area contributed by atoms with Crippen molar-refractivity contribution in [2.75, 3.05) is 0 Å². The van der Waals surface area contributed by atoms with Gasteiger partial charge in [-0.25, -0.2) is 0 Å². The molecule has 1 aromatic heterocycles. The van der Waals surface area contributed by atoms with Crippen molar-refractivity contribution in [2.24, 2.45) is 0 Å². The van der Waals surface area contributed by atoms with Gasteiger partial charge in [-0.2, -0.15) is 0 Å². The van der Waals surface area contributed by atoms with E-state index in [0.717, 1.165) is 15.7 Å². The van der Waals surface area contributed by atoms with E-state index in [9.17, 15) is 4.79 Å². The third-order valence-electron chi connectivity index (χ3n) is 6.26. The van der Waals surface area contributed by atoms with Crippen LogP contribution in [0.3, 0.4) is 0 Å². The molecule has 4 aromatic rings. The number of para-hydroxylation sites is 1. The molecule has 1 heterocycles. The maximum absolute atomic E-state index is 11.4. The first kappa shape index (κ1) is 23.3. The first-order valence-electron chi connectivity index (χ1n) is 11.3. The van der Waals surface area contributed by atoms with Gasteiger partial charge in [-0.1, -0.05) is 85.2 Å². The highest BCUT2D eigenvalue weighted by Crippen LogP contribution is 2.35. The number of aryl methyl sites for hydroxylation is 1. The summed E-state index contributed by atoms with van der Waals surface area (Å²) in [5, 5.41) is 1.18. The summed E-state index contributed by atoms with van der Waals surface area (Å²) < 4.78 is 6.61. The minimum atomic E-state index is -0.267. The highest BCUT2D eigenvalue weighted by molar-refractivity contribution is 9.10. The van der Waals surface area contributed by atoms with Gasteiger partial charge in [0.05, 0.1) is 0 Å². The van der Waals surface area contributed by atoms with Gasteiger partial charge in [0.1, 0.15) is 6.10 Å². The third kappa shape index (κ3) is 5.22.